The Balaban J connectivity index is 1.63. The van der Waals surface area contributed by atoms with Crippen LogP contribution in [0.1, 0.15) is 0 Å². The number of nitrogens with zero attached hydrogens (tertiary/aromatic N) is 1. The SMILES string of the molecule is O=C(CO[S@@](=O)c1ccccc1)Nc1cc(Cl)ccc1N1CCOCC1. The Morgan fingerprint density at radius 1 is 1.19 bits per heavy atom. The standard InChI is InChI=1S/C18H19ClN2O4S/c19-14-6-7-17(21-8-10-24-11-9-21)16(12-14)20-18(22)13-25-26(23)15-4-2-1-3-5-15/h1-7,12H,8-11,13H2,(H,20,22)/t26-/m1/s1. The summed E-state index contributed by atoms with van der Waals surface area (Å²) >= 11 is 4.38. The first-order valence-corrected chi connectivity index (χ1v) is 9.61. The van der Waals surface area contributed by atoms with Gasteiger partial charge >= 0.3 is 0 Å². The minimum Gasteiger partial charge on any atom is -0.378 e. The molecule has 1 atom stereocenters. The summed E-state index contributed by atoms with van der Waals surface area (Å²) in [4.78, 5) is 14.9. The van der Waals surface area contributed by atoms with Crippen molar-refractivity contribution in [3.8, 4) is 0 Å². The number of nitrogens with one attached hydrogen (secondary N) is 1. The maximum atomic E-state index is 12.2. The predicted octanol–water partition coefficient (Wildman–Crippen LogP) is 2.85. The van der Waals surface area contributed by atoms with E-state index in [0.29, 0.717) is 28.8 Å². The lowest BCUT2D eigenvalue weighted by Gasteiger charge is -2.30. The topological polar surface area (TPSA) is 67.9 Å². The summed E-state index contributed by atoms with van der Waals surface area (Å²) in [5, 5.41) is 3.31. The molecule has 0 unspecified atom stereocenters. The van der Waals surface area contributed by atoms with Crippen LogP contribution in [0.2, 0.25) is 5.02 Å². The Labute approximate surface area is 159 Å². The molecule has 138 valence electrons. The molecule has 0 aliphatic carbocycles. The third kappa shape index (κ3) is 5.04. The molecule has 0 aromatic heterocycles. The van der Waals surface area contributed by atoms with E-state index in [1.807, 2.05) is 12.1 Å². The molecule has 1 N–H and O–H groups in total. The second kappa shape index (κ2) is 9.14. The van der Waals surface area contributed by atoms with Crippen molar-refractivity contribution in [1.29, 1.82) is 0 Å². The van der Waals surface area contributed by atoms with E-state index >= 15 is 0 Å². The second-order valence-electron chi connectivity index (χ2n) is 5.62. The van der Waals surface area contributed by atoms with E-state index in [-0.39, 0.29) is 6.61 Å². The van der Waals surface area contributed by atoms with Crippen LogP contribution in [-0.4, -0.2) is 43.0 Å². The normalized spacial score (nSPS) is 15.5. The highest BCUT2D eigenvalue weighted by atomic mass is 35.5. The van der Waals surface area contributed by atoms with Crippen LogP contribution < -0.4 is 10.2 Å². The zero-order chi connectivity index (χ0) is 18.4. The van der Waals surface area contributed by atoms with Crippen LogP contribution in [0, 0.1) is 0 Å². The van der Waals surface area contributed by atoms with Crippen molar-refractivity contribution in [2.75, 3.05) is 43.1 Å². The zero-order valence-corrected chi connectivity index (χ0v) is 15.6. The minimum atomic E-state index is -1.69. The number of hydrogen-bond donors (Lipinski definition) is 1. The van der Waals surface area contributed by atoms with Crippen LogP contribution in [0.5, 0.6) is 0 Å². The van der Waals surface area contributed by atoms with Crippen LogP contribution in [0.4, 0.5) is 11.4 Å². The lowest BCUT2D eigenvalue weighted by atomic mass is 10.2. The van der Waals surface area contributed by atoms with Gasteiger partial charge in [0.25, 0.3) is 5.91 Å². The molecule has 0 bridgehead atoms. The summed E-state index contributed by atoms with van der Waals surface area (Å²) in [7, 11) is 0. The quantitative estimate of drug-likeness (QED) is 0.816. The van der Waals surface area contributed by atoms with Crippen molar-refractivity contribution in [3.63, 3.8) is 0 Å². The van der Waals surface area contributed by atoms with Crippen LogP contribution in [0.15, 0.2) is 53.4 Å². The molecule has 1 aliphatic heterocycles. The number of carbonyl (C=O) groups excluding carboxylic acids is 1. The average Bonchev–Trinajstić information content (AvgIpc) is 2.67. The Morgan fingerprint density at radius 2 is 1.92 bits per heavy atom. The summed E-state index contributed by atoms with van der Waals surface area (Å²) in [6.07, 6.45) is 0. The van der Waals surface area contributed by atoms with Gasteiger partial charge in [-0.05, 0) is 30.3 Å². The summed E-state index contributed by atoms with van der Waals surface area (Å²) in [5.41, 5.74) is 1.47. The molecule has 2 aromatic rings. The van der Waals surface area contributed by atoms with Gasteiger partial charge in [0, 0.05) is 18.1 Å². The molecule has 3 rings (SSSR count). The number of hydrogen-bond acceptors (Lipinski definition) is 5. The number of carbonyl (C=O) groups is 1. The van der Waals surface area contributed by atoms with Crippen molar-refractivity contribution in [2.45, 2.75) is 4.90 Å². The van der Waals surface area contributed by atoms with Crippen molar-refractivity contribution >= 4 is 40.0 Å². The number of rotatable bonds is 6. The maximum absolute atomic E-state index is 12.2. The van der Waals surface area contributed by atoms with E-state index in [4.69, 9.17) is 20.5 Å². The Morgan fingerprint density at radius 3 is 2.65 bits per heavy atom. The van der Waals surface area contributed by atoms with E-state index in [1.54, 1.807) is 36.4 Å². The van der Waals surface area contributed by atoms with Crippen LogP contribution in [0.3, 0.4) is 0 Å². The maximum Gasteiger partial charge on any atom is 0.251 e. The molecule has 1 aliphatic rings. The third-order valence-electron chi connectivity index (χ3n) is 3.82. The highest BCUT2D eigenvalue weighted by molar-refractivity contribution is 7.80. The van der Waals surface area contributed by atoms with Crippen molar-refractivity contribution in [1.82, 2.24) is 0 Å². The first-order chi connectivity index (χ1) is 12.6. The molecule has 0 spiro atoms. The number of morpholine rings is 1. The van der Waals surface area contributed by atoms with Gasteiger partial charge in [-0.15, -0.1) is 0 Å². The number of ether oxygens (including phenoxy) is 1. The number of benzene rings is 2. The molecular weight excluding hydrogens is 376 g/mol. The monoisotopic (exact) mass is 394 g/mol. The van der Waals surface area contributed by atoms with Crippen LogP contribution >= 0.6 is 11.6 Å². The predicted molar refractivity (Wildman–Crippen MR) is 102 cm³/mol. The molecular formula is C18H19ClN2O4S. The number of anilines is 2. The highest BCUT2D eigenvalue weighted by Crippen LogP contribution is 2.29. The number of amides is 1. The lowest BCUT2D eigenvalue weighted by Crippen LogP contribution is -2.36. The van der Waals surface area contributed by atoms with E-state index in [9.17, 15) is 9.00 Å². The van der Waals surface area contributed by atoms with Crippen molar-refractivity contribution in [2.24, 2.45) is 0 Å². The van der Waals surface area contributed by atoms with Crippen molar-refractivity contribution in [3.05, 3.63) is 53.6 Å². The van der Waals surface area contributed by atoms with Crippen molar-refractivity contribution < 1.29 is 17.9 Å². The molecule has 1 saturated heterocycles. The largest absolute Gasteiger partial charge is 0.378 e. The van der Waals surface area contributed by atoms with E-state index in [0.717, 1.165) is 18.8 Å². The molecule has 8 heteroatoms. The molecule has 0 saturated carbocycles. The first kappa shape index (κ1) is 18.8. The summed E-state index contributed by atoms with van der Waals surface area (Å²) in [6.45, 7) is 2.42. The van der Waals surface area contributed by atoms with Gasteiger partial charge in [-0.3, -0.25) is 8.98 Å². The Kier molecular flexibility index (Phi) is 6.62. The fraction of sp³-hybridized carbons (Fsp3) is 0.278. The minimum absolute atomic E-state index is 0.323. The lowest BCUT2D eigenvalue weighted by molar-refractivity contribution is -0.117. The van der Waals surface area contributed by atoms with Crippen LogP contribution in [0.25, 0.3) is 0 Å². The smallest absolute Gasteiger partial charge is 0.251 e. The van der Waals surface area contributed by atoms with Crippen LogP contribution in [-0.2, 0) is 24.8 Å². The Hall–Kier alpha value is -1.93. The summed E-state index contributed by atoms with van der Waals surface area (Å²) in [5.74, 6) is -0.397. The zero-order valence-electron chi connectivity index (χ0n) is 14.0. The van der Waals surface area contributed by atoms with Gasteiger partial charge < -0.3 is 15.0 Å². The van der Waals surface area contributed by atoms with E-state index in [1.165, 1.54) is 0 Å². The first-order valence-electron chi connectivity index (χ1n) is 8.15. The molecule has 1 fully saturated rings. The van der Waals surface area contributed by atoms with Gasteiger partial charge in [0.15, 0.2) is 11.1 Å². The molecule has 1 amide bonds. The second-order valence-corrected chi connectivity index (χ2v) is 7.23. The molecule has 26 heavy (non-hydrogen) atoms. The molecule has 0 radical (unpaired) electrons. The summed E-state index contributed by atoms with van der Waals surface area (Å²) in [6, 6.07) is 14.0. The Bertz CT molecular complexity index is 782. The van der Waals surface area contributed by atoms with Gasteiger partial charge in [-0.1, -0.05) is 29.8 Å². The van der Waals surface area contributed by atoms with E-state index < -0.39 is 17.0 Å². The van der Waals surface area contributed by atoms with Gasteiger partial charge in [0.05, 0.1) is 29.5 Å². The average molecular weight is 395 g/mol. The van der Waals surface area contributed by atoms with Gasteiger partial charge in [0.2, 0.25) is 0 Å². The molecule has 6 nitrogen and oxygen atoms in total. The fourth-order valence-corrected chi connectivity index (χ4v) is 3.48. The van der Waals surface area contributed by atoms with Gasteiger partial charge in [-0.2, -0.15) is 0 Å². The summed E-state index contributed by atoms with van der Waals surface area (Å²) < 4.78 is 22.6. The van der Waals surface area contributed by atoms with Gasteiger partial charge in [-0.25, -0.2) is 4.21 Å². The van der Waals surface area contributed by atoms with Gasteiger partial charge in [0.1, 0.15) is 6.61 Å². The molecule has 1 heterocycles. The molecule has 2 aromatic carbocycles. The van der Waals surface area contributed by atoms with E-state index in [2.05, 4.69) is 10.2 Å². The fourth-order valence-electron chi connectivity index (χ4n) is 2.58. The number of halogens is 1. The third-order valence-corrected chi connectivity index (χ3v) is 5.04. The highest BCUT2D eigenvalue weighted by Gasteiger charge is 2.17.